The molecule has 146 valence electrons. The molecule has 0 saturated heterocycles. The molecule has 0 amide bonds. The molecule has 1 heterocycles. The Morgan fingerprint density at radius 2 is 1.93 bits per heavy atom. The van der Waals surface area contributed by atoms with Crippen molar-refractivity contribution in [3.05, 3.63) is 70.5 Å². The molecule has 7 nitrogen and oxygen atoms in total. The van der Waals surface area contributed by atoms with E-state index in [2.05, 4.69) is 20.7 Å². The predicted octanol–water partition coefficient (Wildman–Crippen LogP) is 4.06. The van der Waals surface area contributed by atoms with Crippen LogP contribution in [0.4, 0.5) is 5.69 Å². The van der Waals surface area contributed by atoms with Crippen molar-refractivity contribution >= 4 is 37.6 Å². The van der Waals surface area contributed by atoms with Crippen LogP contribution in [0.15, 0.2) is 64.1 Å². The normalized spacial score (nSPS) is 11.2. The summed E-state index contributed by atoms with van der Waals surface area (Å²) in [5.74, 6) is -0.821. The lowest BCUT2D eigenvalue weighted by Gasteiger charge is -2.14. The number of methoxy groups -OCH3 is 1. The van der Waals surface area contributed by atoms with Gasteiger partial charge in [-0.3, -0.25) is 4.72 Å². The lowest BCUT2D eigenvalue weighted by molar-refractivity contribution is 0.0688. The third-order valence-electron chi connectivity index (χ3n) is 4.09. The Hall–Kier alpha value is -2.78. The van der Waals surface area contributed by atoms with Gasteiger partial charge in [0.2, 0.25) is 0 Å². The van der Waals surface area contributed by atoms with Gasteiger partial charge >= 0.3 is 5.97 Å². The van der Waals surface area contributed by atoms with Crippen molar-refractivity contribution in [2.45, 2.75) is 11.8 Å². The molecule has 0 atom stereocenters. The van der Waals surface area contributed by atoms with Crippen LogP contribution < -0.4 is 9.46 Å². The van der Waals surface area contributed by atoms with Crippen LogP contribution in [-0.4, -0.2) is 31.2 Å². The first-order chi connectivity index (χ1) is 13.2. The SMILES string of the molecule is COc1ccc(Br)cc1S(=O)(=O)Nc1ccc(-n2cccc2C(=O)O)c(C)c1. The van der Waals surface area contributed by atoms with Gasteiger partial charge in [-0.25, -0.2) is 13.2 Å². The van der Waals surface area contributed by atoms with Crippen LogP contribution in [0.1, 0.15) is 16.1 Å². The van der Waals surface area contributed by atoms with Gasteiger partial charge in [-0.2, -0.15) is 0 Å². The average Bonchev–Trinajstić information content (AvgIpc) is 3.11. The third kappa shape index (κ3) is 3.90. The van der Waals surface area contributed by atoms with Gasteiger partial charge in [0.05, 0.1) is 7.11 Å². The van der Waals surface area contributed by atoms with E-state index in [1.807, 2.05) is 0 Å². The molecule has 0 saturated carbocycles. The Kier molecular flexibility index (Phi) is 5.48. The predicted molar refractivity (Wildman–Crippen MR) is 109 cm³/mol. The number of carbonyl (C=O) groups is 1. The van der Waals surface area contributed by atoms with Gasteiger partial charge in [0.1, 0.15) is 16.3 Å². The van der Waals surface area contributed by atoms with E-state index in [0.717, 1.165) is 0 Å². The summed E-state index contributed by atoms with van der Waals surface area (Å²) in [6, 6.07) is 12.7. The van der Waals surface area contributed by atoms with Crippen molar-refractivity contribution in [3.63, 3.8) is 0 Å². The van der Waals surface area contributed by atoms with Crippen LogP contribution in [-0.2, 0) is 10.0 Å². The molecular weight excluding hydrogens is 448 g/mol. The van der Waals surface area contributed by atoms with E-state index in [1.54, 1.807) is 49.5 Å². The maximum atomic E-state index is 12.8. The first-order valence-corrected chi connectivity index (χ1v) is 10.4. The van der Waals surface area contributed by atoms with Crippen LogP contribution in [0, 0.1) is 6.92 Å². The number of aromatic nitrogens is 1. The number of nitrogens with zero attached hydrogens (tertiary/aromatic N) is 1. The van der Waals surface area contributed by atoms with E-state index in [-0.39, 0.29) is 16.3 Å². The molecule has 2 aromatic carbocycles. The quantitative estimate of drug-likeness (QED) is 0.573. The Labute approximate surface area is 170 Å². The molecule has 0 aliphatic heterocycles. The molecule has 1 aromatic heterocycles. The van der Waals surface area contributed by atoms with E-state index in [9.17, 15) is 18.3 Å². The van der Waals surface area contributed by atoms with E-state index >= 15 is 0 Å². The summed E-state index contributed by atoms with van der Waals surface area (Å²) in [6.07, 6.45) is 1.64. The average molecular weight is 465 g/mol. The number of carboxylic acids is 1. The van der Waals surface area contributed by atoms with Crippen molar-refractivity contribution in [2.75, 3.05) is 11.8 Å². The fourth-order valence-electron chi connectivity index (χ4n) is 2.83. The van der Waals surface area contributed by atoms with Gasteiger partial charge in [0.25, 0.3) is 10.0 Å². The molecule has 0 spiro atoms. The monoisotopic (exact) mass is 464 g/mol. The fraction of sp³-hybridized carbons (Fsp3) is 0.105. The first-order valence-electron chi connectivity index (χ1n) is 8.11. The highest BCUT2D eigenvalue weighted by molar-refractivity contribution is 9.10. The minimum atomic E-state index is -3.89. The highest BCUT2D eigenvalue weighted by atomic mass is 79.9. The fourth-order valence-corrected chi connectivity index (χ4v) is 4.58. The molecule has 0 unspecified atom stereocenters. The lowest BCUT2D eigenvalue weighted by atomic mass is 10.1. The molecule has 3 aromatic rings. The Morgan fingerprint density at radius 1 is 1.18 bits per heavy atom. The summed E-state index contributed by atoms with van der Waals surface area (Å²) in [5.41, 5.74) is 1.83. The summed E-state index contributed by atoms with van der Waals surface area (Å²) < 4.78 is 35.4. The van der Waals surface area contributed by atoms with Crippen molar-refractivity contribution in [1.29, 1.82) is 0 Å². The smallest absolute Gasteiger partial charge is 0.352 e. The molecule has 2 N–H and O–H groups in total. The zero-order chi connectivity index (χ0) is 20.5. The zero-order valence-electron chi connectivity index (χ0n) is 15.0. The number of sulfonamides is 1. The number of carboxylic acid groups (broad SMARTS) is 1. The third-order valence-corrected chi connectivity index (χ3v) is 5.99. The Balaban J connectivity index is 1.96. The highest BCUT2D eigenvalue weighted by Gasteiger charge is 2.21. The number of hydrogen-bond acceptors (Lipinski definition) is 4. The number of halogens is 1. The summed E-state index contributed by atoms with van der Waals surface area (Å²) in [6.45, 7) is 1.78. The van der Waals surface area contributed by atoms with Gasteiger partial charge in [-0.1, -0.05) is 15.9 Å². The van der Waals surface area contributed by atoms with Gasteiger partial charge in [0, 0.05) is 22.0 Å². The molecule has 0 bridgehead atoms. The molecule has 9 heteroatoms. The first kappa shape index (κ1) is 20.0. The molecule has 0 aliphatic rings. The standard InChI is InChI=1S/C19H17BrN2O5S/c1-12-10-14(6-7-15(12)22-9-3-4-16(22)19(23)24)21-28(25,26)18-11-13(20)5-8-17(18)27-2/h3-11,21H,1-2H3,(H,23,24). The van der Waals surface area contributed by atoms with E-state index in [0.29, 0.717) is 21.4 Å². The van der Waals surface area contributed by atoms with Crippen LogP contribution in [0.25, 0.3) is 5.69 Å². The Morgan fingerprint density at radius 3 is 2.57 bits per heavy atom. The molecule has 28 heavy (non-hydrogen) atoms. The van der Waals surface area contributed by atoms with Gasteiger partial charge < -0.3 is 14.4 Å². The van der Waals surface area contributed by atoms with E-state index in [4.69, 9.17) is 4.74 Å². The number of hydrogen-bond donors (Lipinski definition) is 2. The van der Waals surface area contributed by atoms with Crippen LogP contribution in [0.2, 0.25) is 0 Å². The van der Waals surface area contributed by atoms with Crippen molar-refractivity contribution in [2.24, 2.45) is 0 Å². The molecule has 0 radical (unpaired) electrons. The minimum absolute atomic E-state index is 0.00433. The number of rotatable bonds is 6. The van der Waals surface area contributed by atoms with Gasteiger partial charge in [-0.05, 0) is 61.0 Å². The Bertz CT molecular complexity index is 1150. The number of aryl methyl sites for hydroxylation is 1. The van der Waals surface area contributed by atoms with Crippen molar-refractivity contribution in [1.82, 2.24) is 4.57 Å². The largest absolute Gasteiger partial charge is 0.495 e. The number of benzene rings is 2. The minimum Gasteiger partial charge on any atom is -0.495 e. The number of anilines is 1. The molecular formula is C19H17BrN2O5S. The summed E-state index contributed by atoms with van der Waals surface area (Å²) in [4.78, 5) is 11.3. The zero-order valence-corrected chi connectivity index (χ0v) is 17.4. The number of ether oxygens (including phenoxy) is 1. The second kappa shape index (κ2) is 7.69. The van der Waals surface area contributed by atoms with Crippen LogP contribution in [0.3, 0.4) is 0 Å². The summed E-state index contributed by atoms with van der Waals surface area (Å²) in [7, 11) is -2.49. The van der Waals surface area contributed by atoms with Crippen molar-refractivity contribution in [3.8, 4) is 11.4 Å². The van der Waals surface area contributed by atoms with Crippen LogP contribution in [0.5, 0.6) is 5.75 Å². The molecule has 0 fully saturated rings. The van der Waals surface area contributed by atoms with Gasteiger partial charge in [-0.15, -0.1) is 0 Å². The second-order valence-corrected chi connectivity index (χ2v) is 8.54. The summed E-state index contributed by atoms with van der Waals surface area (Å²) >= 11 is 3.27. The van der Waals surface area contributed by atoms with Crippen LogP contribution >= 0.6 is 15.9 Å². The maximum Gasteiger partial charge on any atom is 0.352 e. The number of nitrogens with one attached hydrogen (secondary N) is 1. The van der Waals surface area contributed by atoms with E-state index in [1.165, 1.54) is 23.8 Å². The van der Waals surface area contributed by atoms with Gasteiger partial charge in [0.15, 0.2) is 0 Å². The highest BCUT2D eigenvalue weighted by Crippen LogP contribution is 2.30. The lowest BCUT2D eigenvalue weighted by Crippen LogP contribution is -2.14. The van der Waals surface area contributed by atoms with E-state index < -0.39 is 16.0 Å². The topological polar surface area (TPSA) is 97.6 Å². The van der Waals surface area contributed by atoms with Crippen molar-refractivity contribution < 1.29 is 23.1 Å². The molecule has 3 rings (SSSR count). The number of aromatic carboxylic acids is 1. The second-order valence-electron chi connectivity index (χ2n) is 5.97. The molecule has 0 aliphatic carbocycles. The summed E-state index contributed by atoms with van der Waals surface area (Å²) in [5, 5.41) is 9.28. The maximum absolute atomic E-state index is 12.8.